The Balaban J connectivity index is 0.000000250. The van der Waals surface area contributed by atoms with E-state index in [1.807, 2.05) is 48.6 Å². The molecule has 0 spiro atoms. The van der Waals surface area contributed by atoms with Crippen LogP contribution in [0.3, 0.4) is 0 Å². The summed E-state index contributed by atoms with van der Waals surface area (Å²) in [5.41, 5.74) is 7.86. The van der Waals surface area contributed by atoms with Gasteiger partial charge in [-0.25, -0.2) is 9.97 Å². The van der Waals surface area contributed by atoms with Crippen molar-refractivity contribution >= 4 is 46.4 Å². The maximum Gasteiger partial charge on any atom is 0.115 e. The number of fused-ring (bicyclic) bond motifs is 8. The highest BCUT2D eigenvalue weighted by Gasteiger charge is 2.02. The van der Waals surface area contributed by atoms with Gasteiger partial charge in [0.25, 0.3) is 0 Å². The summed E-state index contributed by atoms with van der Waals surface area (Å²) in [5.74, 6) is 0.322. The fourth-order valence-electron chi connectivity index (χ4n) is 3.37. The quantitative estimate of drug-likeness (QED) is 0.288. The van der Waals surface area contributed by atoms with Crippen LogP contribution in [0.5, 0.6) is 5.75 Å². The predicted octanol–water partition coefficient (Wildman–Crippen LogP) is 6.05. The monoisotopic (exact) mass is 404 g/mol. The lowest BCUT2D eigenvalue weighted by molar-refractivity contribution is 0.475. The minimum atomic E-state index is 0.322. The lowest BCUT2D eigenvalue weighted by atomic mass is 10.3. The highest BCUT2D eigenvalue weighted by atomic mass is 16.3. The first-order chi connectivity index (χ1) is 15.2. The zero-order valence-corrected chi connectivity index (χ0v) is 16.7. The van der Waals surface area contributed by atoms with E-state index in [0.29, 0.717) is 5.75 Å². The van der Waals surface area contributed by atoms with Crippen molar-refractivity contribution < 1.29 is 5.11 Å². The second kappa shape index (κ2) is 8.16. The third-order valence-electron chi connectivity index (χ3n) is 4.80. The molecule has 6 rings (SSSR count). The maximum atomic E-state index is 8.63. The van der Waals surface area contributed by atoms with Gasteiger partial charge in [0.1, 0.15) is 5.75 Å². The van der Waals surface area contributed by atoms with E-state index in [9.17, 15) is 0 Å². The van der Waals surface area contributed by atoms with E-state index in [-0.39, 0.29) is 0 Å². The van der Waals surface area contributed by atoms with Crippen molar-refractivity contribution in [3.05, 3.63) is 102 Å². The molecule has 2 aliphatic rings. The smallest absolute Gasteiger partial charge is 0.115 e. The number of aromatic nitrogens is 4. The molecule has 1 aromatic carbocycles. The molecule has 0 saturated heterocycles. The zero-order chi connectivity index (χ0) is 21.0. The fraction of sp³-hybridized carbons (Fsp3) is 0. The average molecular weight is 404 g/mol. The number of phenolic OH excluding ortho intramolecular Hbond substituents is 1. The molecule has 0 radical (unpaired) electrons. The molecular weight excluding hydrogens is 384 g/mol. The van der Waals surface area contributed by atoms with Gasteiger partial charge in [-0.3, -0.25) is 0 Å². The van der Waals surface area contributed by atoms with E-state index in [1.54, 1.807) is 24.3 Å². The lowest BCUT2D eigenvalue weighted by Gasteiger charge is -1.86. The second-order valence-corrected chi connectivity index (χ2v) is 7.24. The van der Waals surface area contributed by atoms with E-state index in [4.69, 9.17) is 5.11 Å². The number of rotatable bonds is 0. The molecule has 0 amide bonds. The molecule has 5 heteroatoms. The van der Waals surface area contributed by atoms with Crippen LogP contribution in [0.25, 0.3) is 46.4 Å². The van der Waals surface area contributed by atoms with Gasteiger partial charge in [-0.1, -0.05) is 18.2 Å². The number of hydrogen-bond donors (Lipinski definition) is 3. The Morgan fingerprint density at radius 3 is 1.32 bits per heavy atom. The summed E-state index contributed by atoms with van der Waals surface area (Å²) in [5, 5.41) is 8.63. The SMILES string of the molecule is C1=Cc2cc3ccc(cc4ccc(cc5nc(cc1n2)C=C5)[nH]4)[nH]3.Oc1ccccc1. The highest BCUT2D eigenvalue weighted by molar-refractivity contribution is 5.77. The summed E-state index contributed by atoms with van der Waals surface area (Å²) in [7, 11) is 0. The van der Waals surface area contributed by atoms with Crippen molar-refractivity contribution in [2.24, 2.45) is 0 Å². The normalized spacial score (nSPS) is 11.7. The van der Waals surface area contributed by atoms with Crippen molar-refractivity contribution in [3.63, 3.8) is 0 Å². The molecule has 31 heavy (non-hydrogen) atoms. The van der Waals surface area contributed by atoms with Gasteiger partial charge in [0.05, 0.1) is 22.8 Å². The van der Waals surface area contributed by atoms with Gasteiger partial charge in [0.15, 0.2) is 0 Å². The van der Waals surface area contributed by atoms with Gasteiger partial charge in [-0.2, -0.15) is 0 Å². The van der Waals surface area contributed by atoms with Crippen LogP contribution in [0.15, 0.2) is 78.9 Å². The number of H-pyrrole nitrogens is 2. The molecule has 3 N–H and O–H groups in total. The number of benzene rings is 1. The Morgan fingerprint density at radius 1 is 0.484 bits per heavy atom. The molecule has 4 aromatic rings. The summed E-state index contributed by atoms with van der Waals surface area (Å²) in [6.45, 7) is 0. The zero-order valence-electron chi connectivity index (χ0n) is 16.7. The van der Waals surface area contributed by atoms with E-state index >= 15 is 0 Å². The Labute approximate surface area is 179 Å². The topological polar surface area (TPSA) is 77.6 Å². The van der Waals surface area contributed by atoms with Gasteiger partial charge < -0.3 is 15.1 Å². The van der Waals surface area contributed by atoms with Crippen LogP contribution in [-0.2, 0) is 0 Å². The Bertz CT molecular complexity index is 1350. The van der Waals surface area contributed by atoms with Crippen LogP contribution in [0.1, 0.15) is 22.8 Å². The van der Waals surface area contributed by atoms with Crippen LogP contribution in [-0.4, -0.2) is 25.0 Å². The highest BCUT2D eigenvalue weighted by Crippen LogP contribution is 2.17. The number of hydrogen-bond acceptors (Lipinski definition) is 3. The molecule has 150 valence electrons. The maximum absolute atomic E-state index is 8.63. The van der Waals surface area contributed by atoms with Crippen LogP contribution in [0.4, 0.5) is 0 Å². The minimum Gasteiger partial charge on any atom is -0.508 e. The van der Waals surface area contributed by atoms with Crippen molar-refractivity contribution in [3.8, 4) is 5.75 Å². The fourth-order valence-corrected chi connectivity index (χ4v) is 3.37. The summed E-state index contributed by atoms with van der Waals surface area (Å²) in [6, 6.07) is 25.1. The number of nitrogens with one attached hydrogen (secondary N) is 2. The molecule has 8 bridgehead atoms. The Morgan fingerprint density at radius 2 is 0.903 bits per heavy atom. The van der Waals surface area contributed by atoms with Crippen LogP contribution >= 0.6 is 0 Å². The standard InChI is InChI=1S/C20H14N4.C6H6O/c1-2-14-10-16-5-6-18(23-16)12-20-8-7-19(24-20)11-17-4-3-15(22-17)9-13(1)21-14;7-6-4-2-1-3-5-6/h1-12,21-22H;1-5,7H. The van der Waals surface area contributed by atoms with Gasteiger partial charge in [0.2, 0.25) is 0 Å². The summed E-state index contributed by atoms with van der Waals surface area (Å²) in [6.07, 6.45) is 8.05. The van der Waals surface area contributed by atoms with E-state index in [0.717, 1.165) is 44.8 Å². The van der Waals surface area contributed by atoms with Crippen molar-refractivity contribution in [2.75, 3.05) is 0 Å². The van der Waals surface area contributed by atoms with E-state index < -0.39 is 0 Å². The molecule has 0 saturated carbocycles. The van der Waals surface area contributed by atoms with Crippen molar-refractivity contribution in [1.29, 1.82) is 0 Å². The van der Waals surface area contributed by atoms with Crippen LogP contribution < -0.4 is 0 Å². The summed E-state index contributed by atoms with van der Waals surface area (Å²) >= 11 is 0. The third kappa shape index (κ3) is 4.62. The van der Waals surface area contributed by atoms with Gasteiger partial charge in [0, 0.05) is 22.1 Å². The molecule has 3 aromatic heterocycles. The van der Waals surface area contributed by atoms with Crippen molar-refractivity contribution in [2.45, 2.75) is 0 Å². The second-order valence-electron chi connectivity index (χ2n) is 7.24. The van der Waals surface area contributed by atoms with Gasteiger partial charge in [-0.15, -0.1) is 0 Å². The Kier molecular flexibility index (Phi) is 4.91. The summed E-state index contributed by atoms with van der Waals surface area (Å²) in [4.78, 5) is 16.0. The molecule has 0 atom stereocenters. The third-order valence-corrected chi connectivity index (χ3v) is 4.80. The largest absolute Gasteiger partial charge is 0.508 e. The number of nitrogens with zero attached hydrogens (tertiary/aromatic N) is 2. The van der Waals surface area contributed by atoms with Gasteiger partial charge in [-0.05, 0) is 85.0 Å². The molecule has 2 aliphatic heterocycles. The van der Waals surface area contributed by atoms with Crippen LogP contribution in [0, 0.1) is 0 Å². The minimum absolute atomic E-state index is 0.322. The van der Waals surface area contributed by atoms with Crippen molar-refractivity contribution in [1.82, 2.24) is 19.9 Å². The predicted molar refractivity (Wildman–Crippen MR) is 127 cm³/mol. The molecule has 0 fully saturated rings. The average Bonchev–Trinajstić information content (AvgIpc) is 3.55. The molecule has 5 nitrogen and oxygen atoms in total. The number of para-hydroxylation sites is 1. The van der Waals surface area contributed by atoms with Crippen LogP contribution in [0.2, 0.25) is 0 Å². The molecule has 0 unspecified atom stereocenters. The van der Waals surface area contributed by atoms with Gasteiger partial charge >= 0.3 is 0 Å². The lowest BCUT2D eigenvalue weighted by Crippen LogP contribution is -1.77. The number of phenols is 1. The first-order valence-electron chi connectivity index (χ1n) is 9.98. The number of aromatic hydroxyl groups is 1. The first kappa shape index (κ1) is 18.6. The molecule has 5 heterocycles. The summed E-state index contributed by atoms with van der Waals surface area (Å²) < 4.78 is 0. The molecular formula is C26H20N4O. The van der Waals surface area contributed by atoms with E-state index in [2.05, 4.69) is 50.3 Å². The Hall–Kier alpha value is -4.38. The van der Waals surface area contributed by atoms with E-state index in [1.165, 1.54) is 0 Å². The number of aromatic amines is 2. The first-order valence-corrected chi connectivity index (χ1v) is 9.98. The molecule has 0 aliphatic carbocycles.